The Morgan fingerprint density at radius 2 is 1.87 bits per heavy atom. The first-order chi connectivity index (χ1) is 10.6. The summed E-state index contributed by atoms with van der Waals surface area (Å²) in [5.41, 5.74) is 0. The van der Waals surface area contributed by atoms with Crippen molar-refractivity contribution in [2.24, 2.45) is 5.10 Å². The highest BCUT2D eigenvalue weighted by molar-refractivity contribution is 8.15. The summed E-state index contributed by atoms with van der Waals surface area (Å²) in [6.45, 7) is 4.23. The number of nitrogens with one attached hydrogen (secondary N) is 1. The van der Waals surface area contributed by atoms with Crippen LogP contribution in [0.2, 0.25) is 0 Å². The van der Waals surface area contributed by atoms with Gasteiger partial charge < -0.3 is 5.32 Å². The zero-order valence-corrected chi connectivity index (χ0v) is 14.6. The van der Waals surface area contributed by atoms with E-state index >= 15 is 0 Å². The number of benzene rings is 1. The van der Waals surface area contributed by atoms with Crippen molar-refractivity contribution in [1.82, 2.24) is 10.3 Å². The quantitative estimate of drug-likeness (QED) is 0.878. The van der Waals surface area contributed by atoms with Crippen LogP contribution in [0.1, 0.15) is 20.8 Å². The largest absolute Gasteiger partial charge is 0.304 e. The fourth-order valence-electron chi connectivity index (χ4n) is 2.23. The number of carbonyl (C=O) groups is 2. The zero-order valence-electron chi connectivity index (χ0n) is 12.9. The van der Waals surface area contributed by atoms with Crippen LogP contribution < -0.4 is 5.32 Å². The van der Waals surface area contributed by atoms with Crippen LogP contribution in [0.15, 0.2) is 40.3 Å². The fourth-order valence-corrected chi connectivity index (χ4v) is 5.48. The maximum Gasteiger partial charge on any atom is 0.240 e. The number of amides is 2. The van der Waals surface area contributed by atoms with E-state index in [1.165, 1.54) is 26.0 Å². The Labute approximate surface area is 139 Å². The first kappa shape index (κ1) is 17.5. The zero-order chi connectivity index (χ0) is 17.3. The molecular weight excluding hydrogens is 338 g/mol. The molecule has 0 saturated carbocycles. The van der Waals surface area contributed by atoms with Crippen LogP contribution >= 0.6 is 11.8 Å². The van der Waals surface area contributed by atoms with Gasteiger partial charge in [0.1, 0.15) is 4.87 Å². The van der Waals surface area contributed by atoms with Crippen LogP contribution in [0.4, 0.5) is 0 Å². The molecule has 1 atom stereocenters. The number of hydrazone groups is 1. The first-order valence-corrected chi connectivity index (χ1v) is 9.25. The molecule has 9 heteroatoms. The van der Waals surface area contributed by atoms with Crippen LogP contribution in [0.5, 0.6) is 0 Å². The lowest BCUT2D eigenvalue weighted by Crippen LogP contribution is -2.45. The summed E-state index contributed by atoms with van der Waals surface area (Å²) in [7, 11) is -3.62. The smallest absolute Gasteiger partial charge is 0.240 e. The van der Waals surface area contributed by atoms with Gasteiger partial charge in [0.05, 0.1) is 10.6 Å². The Morgan fingerprint density at radius 3 is 2.39 bits per heavy atom. The van der Waals surface area contributed by atoms with E-state index in [9.17, 15) is 18.0 Å². The molecule has 1 N–H and O–H groups in total. The van der Waals surface area contributed by atoms with Crippen molar-refractivity contribution in [3.63, 3.8) is 0 Å². The second-order valence-corrected chi connectivity index (χ2v) is 8.73. The minimum atomic E-state index is -3.62. The van der Waals surface area contributed by atoms with Crippen molar-refractivity contribution in [3.05, 3.63) is 30.3 Å². The highest BCUT2D eigenvalue weighted by Crippen LogP contribution is 2.38. The van der Waals surface area contributed by atoms with Gasteiger partial charge in [-0.3, -0.25) is 9.59 Å². The standard InChI is InChI=1S/C14H17N3O4S2/c1-10(18)15-13-16-17(11(2)19)14(3,22-13)9-23(20,21)12-7-5-4-6-8-12/h4-8H,9H2,1-3H3,(H,15,16,18). The second kappa shape index (κ2) is 6.32. The van der Waals surface area contributed by atoms with Crippen LogP contribution in [0, 0.1) is 0 Å². The third-order valence-electron chi connectivity index (χ3n) is 3.10. The lowest BCUT2D eigenvalue weighted by atomic mass is 10.3. The molecule has 1 aliphatic rings. The summed E-state index contributed by atoms with van der Waals surface area (Å²) in [5.74, 6) is -1.06. The second-order valence-electron chi connectivity index (χ2n) is 5.27. The minimum absolute atomic E-state index is 0.179. The van der Waals surface area contributed by atoms with E-state index in [0.29, 0.717) is 0 Å². The molecule has 0 aliphatic carbocycles. The Hall–Kier alpha value is -1.87. The molecule has 1 aromatic rings. The summed E-state index contributed by atoms with van der Waals surface area (Å²) in [6, 6.07) is 8.01. The Balaban J connectivity index is 2.30. The van der Waals surface area contributed by atoms with E-state index in [4.69, 9.17) is 0 Å². The Kier molecular flexibility index (Phi) is 4.81. The van der Waals surface area contributed by atoms with Gasteiger partial charge in [-0.25, -0.2) is 13.4 Å². The molecule has 1 unspecified atom stereocenters. The Morgan fingerprint density at radius 1 is 1.26 bits per heavy atom. The summed E-state index contributed by atoms with van der Waals surface area (Å²) in [6.07, 6.45) is 0. The molecule has 7 nitrogen and oxygen atoms in total. The molecule has 2 rings (SSSR count). The fraction of sp³-hybridized carbons (Fsp3) is 0.357. The van der Waals surface area contributed by atoms with Gasteiger partial charge in [-0.1, -0.05) is 30.0 Å². The third-order valence-corrected chi connectivity index (χ3v) is 6.35. The summed E-state index contributed by atoms with van der Waals surface area (Å²) >= 11 is 1.04. The van der Waals surface area contributed by atoms with Crippen LogP contribution in [-0.2, 0) is 19.4 Å². The van der Waals surface area contributed by atoms with Gasteiger partial charge in [0.2, 0.25) is 11.8 Å². The molecule has 0 aromatic heterocycles. The van der Waals surface area contributed by atoms with Gasteiger partial charge in [0.25, 0.3) is 0 Å². The van der Waals surface area contributed by atoms with Crippen molar-refractivity contribution in [2.75, 3.05) is 5.75 Å². The molecule has 1 heterocycles. The molecule has 124 valence electrons. The summed E-state index contributed by atoms with van der Waals surface area (Å²) in [4.78, 5) is 22.0. The van der Waals surface area contributed by atoms with E-state index in [0.717, 1.165) is 16.8 Å². The number of rotatable bonds is 3. The average molecular weight is 355 g/mol. The predicted molar refractivity (Wildman–Crippen MR) is 88.3 cm³/mol. The molecule has 2 amide bonds. The van der Waals surface area contributed by atoms with Crippen LogP contribution in [-0.4, -0.2) is 41.0 Å². The highest BCUT2D eigenvalue weighted by atomic mass is 32.2. The molecule has 0 fully saturated rings. The molecule has 0 spiro atoms. The Bertz CT molecular complexity index is 761. The number of hydrogen-bond acceptors (Lipinski definition) is 6. The molecule has 23 heavy (non-hydrogen) atoms. The highest BCUT2D eigenvalue weighted by Gasteiger charge is 2.45. The van der Waals surface area contributed by atoms with E-state index in [2.05, 4.69) is 10.4 Å². The summed E-state index contributed by atoms with van der Waals surface area (Å²) in [5, 5.41) is 7.83. The van der Waals surface area contributed by atoms with Gasteiger partial charge in [0.15, 0.2) is 15.0 Å². The van der Waals surface area contributed by atoms with E-state index in [1.54, 1.807) is 25.1 Å². The van der Waals surface area contributed by atoms with Crippen molar-refractivity contribution in [3.8, 4) is 0 Å². The van der Waals surface area contributed by atoms with Gasteiger partial charge >= 0.3 is 0 Å². The van der Waals surface area contributed by atoms with Crippen molar-refractivity contribution < 1.29 is 18.0 Å². The van der Waals surface area contributed by atoms with Crippen LogP contribution in [0.25, 0.3) is 0 Å². The van der Waals surface area contributed by atoms with Crippen molar-refractivity contribution in [2.45, 2.75) is 30.5 Å². The third kappa shape index (κ3) is 3.91. The monoisotopic (exact) mass is 355 g/mol. The maximum atomic E-state index is 12.6. The first-order valence-electron chi connectivity index (χ1n) is 6.78. The number of thioether (sulfide) groups is 1. The SMILES string of the molecule is CC(=O)NC1=NN(C(C)=O)C(C)(CS(=O)(=O)c2ccccc2)S1. The average Bonchev–Trinajstić information content (AvgIpc) is 2.74. The minimum Gasteiger partial charge on any atom is -0.304 e. The lowest BCUT2D eigenvalue weighted by Gasteiger charge is -2.30. The predicted octanol–water partition coefficient (Wildman–Crippen LogP) is 1.18. The molecule has 0 bridgehead atoms. The topological polar surface area (TPSA) is 95.9 Å². The molecule has 0 radical (unpaired) electrons. The number of carbonyl (C=O) groups excluding carboxylic acids is 2. The maximum absolute atomic E-state index is 12.6. The molecule has 1 aromatic carbocycles. The van der Waals surface area contributed by atoms with Crippen molar-refractivity contribution >= 4 is 38.6 Å². The lowest BCUT2D eigenvalue weighted by molar-refractivity contribution is -0.131. The number of amidine groups is 1. The molecule has 0 saturated heterocycles. The van der Waals surface area contributed by atoms with Gasteiger partial charge in [0, 0.05) is 13.8 Å². The van der Waals surface area contributed by atoms with Gasteiger partial charge in [-0.05, 0) is 19.1 Å². The van der Waals surface area contributed by atoms with E-state index in [-0.39, 0.29) is 21.7 Å². The van der Waals surface area contributed by atoms with Crippen molar-refractivity contribution in [1.29, 1.82) is 0 Å². The normalized spacial score (nSPS) is 21.0. The number of sulfone groups is 1. The van der Waals surface area contributed by atoms with E-state index in [1.807, 2.05) is 0 Å². The van der Waals surface area contributed by atoms with Gasteiger partial charge in [-0.15, -0.1) is 5.10 Å². The van der Waals surface area contributed by atoms with Crippen LogP contribution in [0.3, 0.4) is 0 Å². The summed E-state index contributed by atoms with van der Waals surface area (Å²) < 4.78 is 25.2. The molecule has 1 aliphatic heterocycles. The molecular formula is C14H17N3O4S2. The van der Waals surface area contributed by atoms with Gasteiger partial charge in [-0.2, -0.15) is 0 Å². The van der Waals surface area contributed by atoms with E-state index < -0.39 is 20.6 Å². The number of nitrogens with zero attached hydrogens (tertiary/aromatic N) is 2. The number of hydrogen-bond donors (Lipinski definition) is 1.